The molecule has 0 amide bonds. The summed E-state index contributed by atoms with van der Waals surface area (Å²) >= 11 is 0. The number of phenolic OH excluding ortho intramolecular Hbond substituents is 1. The Morgan fingerprint density at radius 3 is 1.90 bits per heavy atom. The highest BCUT2D eigenvalue weighted by Gasteiger charge is 2.27. The van der Waals surface area contributed by atoms with E-state index in [1.54, 1.807) is 12.1 Å². The second-order valence-corrected chi connectivity index (χ2v) is 7.33. The van der Waals surface area contributed by atoms with Gasteiger partial charge in [0.1, 0.15) is 12.4 Å². The first kappa shape index (κ1) is 17.3. The maximum absolute atomic E-state index is 11.4. The number of hydrogen-bond donors (Lipinski definition) is 1. The van der Waals surface area contributed by atoms with Crippen LogP contribution in [0.5, 0.6) is 5.75 Å². The molecule has 0 heterocycles. The number of ether oxygens (including phenoxy) is 1. The van der Waals surface area contributed by atoms with Crippen molar-refractivity contribution in [2.45, 2.75) is 59.0 Å². The molecule has 0 radical (unpaired) electrons. The maximum atomic E-state index is 11.4. The molecule has 0 aromatic heterocycles. The lowest BCUT2D eigenvalue weighted by atomic mass is 9.76. The van der Waals surface area contributed by atoms with Crippen LogP contribution < -0.4 is 0 Å². The minimum Gasteiger partial charge on any atom is -0.508 e. The summed E-state index contributed by atoms with van der Waals surface area (Å²) in [5, 5.41) is 10.0. The van der Waals surface area contributed by atoms with Crippen LogP contribution in [0.3, 0.4) is 0 Å². The van der Waals surface area contributed by atoms with E-state index in [4.69, 9.17) is 4.74 Å². The first-order chi connectivity index (χ1) is 9.46. The van der Waals surface area contributed by atoms with Gasteiger partial charge in [0.05, 0.1) is 0 Å². The quantitative estimate of drug-likeness (QED) is 0.670. The number of aromatic hydroxyl groups is 1. The number of benzene rings is 1. The molecular formula is C18H26O3. The Kier molecular flexibility index (Phi) is 4.87. The molecule has 0 unspecified atom stereocenters. The average molecular weight is 290 g/mol. The van der Waals surface area contributed by atoms with Gasteiger partial charge in [0.25, 0.3) is 0 Å². The molecule has 0 aliphatic carbocycles. The highest BCUT2D eigenvalue weighted by Crippen LogP contribution is 2.37. The minimum absolute atomic E-state index is 0.158. The number of carbonyl (C=O) groups excluding carboxylic acids is 1. The van der Waals surface area contributed by atoms with E-state index in [2.05, 4.69) is 48.1 Å². The molecule has 0 aliphatic heterocycles. The van der Waals surface area contributed by atoms with Gasteiger partial charge in [-0.3, -0.25) is 0 Å². The van der Waals surface area contributed by atoms with E-state index in [1.165, 1.54) is 0 Å². The van der Waals surface area contributed by atoms with Crippen LogP contribution in [0.1, 0.15) is 58.2 Å². The van der Waals surface area contributed by atoms with Crippen LogP contribution in [0.4, 0.5) is 0 Å². The van der Waals surface area contributed by atoms with Crippen LogP contribution in [0.2, 0.25) is 0 Å². The van der Waals surface area contributed by atoms with Crippen LogP contribution >= 0.6 is 0 Å². The normalized spacial score (nSPS) is 12.1. The summed E-state index contributed by atoms with van der Waals surface area (Å²) in [7, 11) is 0. The largest absolute Gasteiger partial charge is 0.508 e. The molecule has 0 bridgehead atoms. The summed E-state index contributed by atoms with van der Waals surface area (Å²) in [4.78, 5) is 11.4. The van der Waals surface area contributed by atoms with Crippen molar-refractivity contribution < 1.29 is 14.6 Å². The van der Waals surface area contributed by atoms with Crippen LogP contribution in [0, 0.1) is 0 Å². The molecule has 3 nitrogen and oxygen atoms in total. The Hall–Kier alpha value is -1.77. The molecule has 3 heteroatoms. The topological polar surface area (TPSA) is 46.5 Å². The Morgan fingerprint density at radius 2 is 1.57 bits per heavy atom. The zero-order valence-electron chi connectivity index (χ0n) is 13.9. The Balaban J connectivity index is 3.46. The number of carbonyl (C=O) groups is 1. The van der Waals surface area contributed by atoms with E-state index in [9.17, 15) is 9.90 Å². The van der Waals surface area contributed by atoms with Crippen LogP contribution in [-0.2, 0) is 27.0 Å². The zero-order valence-corrected chi connectivity index (χ0v) is 13.9. The Bertz CT molecular complexity index is 508. The van der Waals surface area contributed by atoms with Gasteiger partial charge in [0.2, 0.25) is 0 Å². The molecule has 0 saturated carbocycles. The Labute approximate surface area is 127 Å². The number of phenols is 1. The molecule has 0 fully saturated rings. The molecule has 0 aliphatic rings. The van der Waals surface area contributed by atoms with Gasteiger partial charge in [0, 0.05) is 6.08 Å². The summed E-state index contributed by atoms with van der Waals surface area (Å²) in [5.41, 5.74) is 2.63. The molecule has 1 N–H and O–H groups in total. The fourth-order valence-corrected chi connectivity index (χ4v) is 2.35. The zero-order chi connectivity index (χ0) is 16.4. The van der Waals surface area contributed by atoms with Gasteiger partial charge in [-0.2, -0.15) is 0 Å². The first-order valence-corrected chi connectivity index (χ1v) is 7.13. The van der Waals surface area contributed by atoms with E-state index in [0.29, 0.717) is 0 Å². The highest BCUT2D eigenvalue weighted by molar-refractivity contribution is 5.81. The van der Waals surface area contributed by atoms with Crippen molar-refractivity contribution >= 4 is 5.97 Å². The first-order valence-electron chi connectivity index (χ1n) is 7.13. The van der Waals surface area contributed by atoms with Crippen LogP contribution in [-0.4, -0.2) is 11.1 Å². The lowest BCUT2D eigenvalue weighted by molar-refractivity contribution is -0.139. The van der Waals surface area contributed by atoms with Crippen molar-refractivity contribution in [3.63, 3.8) is 0 Å². The maximum Gasteiger partial charge on any atom is 0.330 e. The standard InChI is InChI=1S/C18H26O3/c1-8-16(20)21-11-13-14(17(2,3)4)9-12(19)10-15(13)18(5,6)7/h8-10,19H,1,11H2,2-7H3. The van der Waals surface area contributed by atoms with Gasteiger partial charge in [-0.1, -0.05) is 48.1 Å². The third-order valence-electron chi connectivity index (χ3n) is 3.38. The van der Waals surface area contributed by atoms with Crippen molar-refractivity contribution in [2.75, 3.05) is 0 Å². The van der Waals surface area contributed by atoms with E-state index >= 15 is 0 Å². The molecule has 1 rings (SSSR count). The van der Waals surface area contributed by atoms with E-state index in [-0.39, 0.29) is 23.2 Å². The van der Waals surface area contributed by atoms with Crippen molar-refractivity contribution in [3.8, 4) is 5.75 Å². The van der Waals surface area contributed by atoms with Gasteiger partial charge in [-0.15, -0.1) is 0 Å². The molecule has 0 spiro atoms. The van der Waals surface area contributed by atoms with E-state index in [0.717, 1.165) is 22.8 Å². The summed E-state index contributed by atoms with van der Waals surface area (Å²) in [6, 6.07) is 3.51. The molecule has 0 saturated heterocycles. The monoisotopic (exact) mass is 290 g/mol. The third-order valence-corrected chi connectivity index (χ3v) is 3.38. The van der Waals surface area contributed by atoms with E-state index in [1.807, 2.05) is 0 Å². The molecule has 1 aromatic rings. The van der Waals surface area contributed by atoms with E-state index < -0.39 is 5.97 Å². The number of rotatable bonds is 3. The van der Waals surface area contributed by atoms with Gasteiger partial charge >= 0.3 is 5.97 Å². The SMILES string of the molecule is C=CC(=O)OCc1c(C(C)(C)C)cc(O)cc1C(C)(C)C. The van der Waals surface area contributed by atoms with Gasteiger partial charge in [0.15, 0.2) is 0 Å². The molecule has 21 heavy (non-hydrogen) atoms. The molecule has 1 aromatic carbocycles. The lowest BCUT2D eigenvalue weighted by Gasteiger charge is -2.30. The second-order valence-electron chi connectivity index (χ2n) is 7.33. The minimum atomic E-state index is -0.442. The van der Waals surface area contributed by atoms with Crippen molar-refractivity contribution in [1.29, 1.82) is 0 Å². The number of hydrogen-bond acceptors (Lipinski definition) is 3. The van der Waals surface area contributed by atoms with Crippen molar-refractivity contribution in [2.24, 2.45) is 0 Å². The highest BCUT2D eigenvalue weighted by atomic mass is 16.5. The third kappa shape index (κ3) is 4.35. The fraction of sp³-hybridized carbons (Fsp3) is 0.500. The van der Waals surface area contributed by atoms with Crippen LogP contribution in [0.25, 0.3) is 0 Å². The van der Waals surface area contributed by atoms with Gasteiger partial charge in [-0.05, 0) is 39.7 Å². The van der Waals surface area contributed by atoms with Crippen LogP contribution in [0.15, 0.2) is 24.8 Å². The lowest BCUT2D eigenvalue weighted by Crippen LogP contribution is -2.22. The predicted octanol–water partition coefficient (Wildman–Crippen LogP) is 4.22. The fourth-order valence-electron chi connectivity index (χ4n) is 2.35. The molecular weight excluding hydrogens is 264 g/mol. The van der Waals surface area contributed by atoms with Crippen molar-refractivity contribution in [1.82, 2.24) is 0 Å². The Morgan fingerprint density at radius 1 is 1.14 bits per heavy atom. The summed E-state index contributed by atoms with van der Waals surface area (Å²) in [6.45, 7) is 16.1. The van der Waals surface area contributed by atoms with Gasteiger partial charge in [-0.25, -0.2) is 4.79 Å². The summed E-state index contributed by atoms with van der Waals surface area (Å²) in [5.74, 6) is -0.202. The number of esters is 1. The van der Waals surface area contributed by atoms with Gasteiger partial charge < -0.3 is 9.84 Å². The molecule has 116 valence electrons. The smallest absolute Gasteiger partial charge is 0.330 e. The second kappa shape index (κ2) is 5.92. The molecule has 0 atom stereocenters. The van der Waals surface area contributed by atoms with Crippen molar-refractivity contribution in [3.05, 3.63) is 41.5 Å². The average Bonchev–Trinajstić information content (AvgIpc) is 2.33. The summed E-state index contributed by atoms with van der Waals surface area (Å²) in [6.07, 6.45) is 1.16. The summed E-state index contributed by atoms with van der Waals surface area (Å²) < 4.78 is 5.25. The predicted molar refractivity (Wildman–Crippen MR) is 85.5 cm³/mol.